The molecule has 1 aliphatic rings. The lowest BCUT2D eigenvalue weighted by Gasteiger charge is -2.23. The highest BCUT2D eigenvalue weighted by molar-refractivity contribution is 5.70. The second-order valence-corrected chi connectivity index (χ2v) is 9.09. The van der Waals surface area contributed by atoms with E-state index in [9.17, 15) is 4.79 Å². The van der Waals surface area contributed by atoms with Crippen molar-refractivity contribution < 1.29 is 14.1 Å². The van der Waals surface area contributed by atoms with Gasteiger partial charge in [0.2, 0.25) is 11.7 Å². The Bertz CT molecular complexity index is 761. The third-order valence-corrected chi connectivity index (χ3v) is 5.41. The lowest BCUT2D eigenvalue weighted by molar-refractivity contribution is -0.155. The molecule has 0 unspecified atom stereocenters. The Morgan fingerprint density at radius 1 is 1.24 bits per heavy atom. The van der Waals surface area contributed by atoms with Gasteiger partial charge in [-0.05, 0) is 45.2 Å². The summed E-state index contributed by atoms with van der Waals surface area (Å²) >= 11 is 0. The van der Waals surface area contributed by atoms with E-state index in [4.69, 9.17) is 9.26 Å². The fourth-order valence-corrected chi connectivity index (χ4v) is 4.03. The molecule has 1 saturated carbocycles. The first kappa shape index (κ1) is 21.5. The van der Waals surface area contributed by atoms with Gasteiger partial charge >= 0.3 is 5.97 Å². The van der Waals surface area contributed by atoms with Crippen LogP contribution in [0.3, 0.4) is 0 Å². The Hall–Kier alpha value is -2.24. The molecular weight excluding hydrogens is 366 g/mol. The van der Waals surface area contributed by atoms with Gasteiger partial charge in [-0.1, -0.05) is 56.2 Å². The third kappa shape index (κ3) is 6.94. The van der Waals surface area contributed by atoms with E-state index < -0.39 is 5.60 Å². The molecule has 6 heteroatoms. The molecular formula is C23H33N3O3. The second-order valence-electron chi connectivity index (χ2n) is 9.09. The number of ether oxygens (including phenoxy) is 1. The van der Waals surface area contributed by atoms with Gasteiger partial charge in [0.25, 0.3) is 0 Å². The Kier molecular flexibility index (Phi) is 7.40. The van der Waals surface area contributed by atoms with Crippen molar-refractivity contribution in [3.63, 3.8) is 0 Å². The summed E-state index contributed by atoms with van der Waals surface area (Å²) in [5.74, 6) is 1.43. The molecule has 0 aliphatic heterocycles. The molecule has 6 nitrogen and oxygen atoms in total. The molecule has 2 aromatic heterocycles. The average Bonchev–Trinajstić information content (AvgIpc) is 3.17. The molecule has 2 aromatic rings. The lowest BCUT2D eigenvalue weighted by Crippen LogP contribution is -2.25. The maximum Gasteiger partial charge on any atom is 0.307 e. The highest BCUT2D eigenvalue weighted by Crippen LogP contribution is 2.32. The van der Waals surface area contributed by atoms with Crippen LogP contribution in [0.2, 0.25) is 0 Å². The van der Waals surface area contributed by atoms with Crippen molar-refractivity contribution in [2.75, 3.05) is 0 Å². The van der Waals surface area contributed by atoms with Crippen molar-refractivity contribution in [2.24, 2.45) is 5.92 Å². The molecule has 29 heavy (non-hydrogen) atoms. The molecule has 1 fully saturated rings. The quantitative estimate of drug-likeness (QED) is 0.530. The molecule has 0 bridgehead atoms. The van der Waals surface area contributed by atoms with Crippen LogP contribution >= 0.6 is 0 Å². The fraction of sp³-hybridized carbons (Fsp3) is 0.652. The molecule has 158 valence electrons. The first-order valence-corrected chi connectivity index (χ1v) is 10.9. The monoisotopic (exact) mass is 399 g/mol. The van der Waals surface area contributed by atoms with Crippen LogP contribution in [-0.2, 0) is 9.53 Å². The minimum absolute atomic E-state index is 0.126. The maximum atomic E-state index is 12.5. The number of hydrogen-bond acceptors (Lipinski definition) is 6. The van der Waals surface area contributed by atoms with Crippen molar-refractivity contribution in [3.05, 3.63) is 30.3 Å². The summed E-state index contributed by atoms with van der Waals surface area (Å²) in [5.41, 5.74) is 0.165. The number of carbonyl (C=O) groups excluding carboxylic acids is 1. The van der Waals surface area contributed by atoms with Crippen LogP contribution in [0.15, 0.2) is 28.9 Å². The zero-order valence-electron chi connectivity index (χ0n) is 17.9. The Morgan fingerprint density at radius 3 is 2.72 bits per heavy atom. The molecule has 1 aliphatic carbocycles. The first-order chi connectivity index (χ1) is 13.9. The maximum absolute atomic E-state index is 12.5. The van der Waals surface area contributed by atoms with Crippen molar-refractivity contribution in [3.8, 4) is 11.5 Å². The van der Waals surface area contributed by atoms with Crippen LogP contribution in [0.25, 0.3) is 11.5 Å². The first-order valence-electron chi connectivity index (χ1n) is 10.9. The van der Waals surface area contributed by atoms with Crippen molar-refractivity contribution >= 4 is 5.97 Å². The van der Waals surface area contributed by atoms with Crippen LogP contribution in [-0.4, -0.2) is 26.7 Å². The molecule has 0 N–H and O–H groups in total. The van der Waals surface area contributed by atoms with Gasteiger partial charge in [-0.2, -0.15) is 4.98 Å². The summed E-state index contributed by atoms with van der Waals surface area (Å²) in [6, 6.07) is 5.59. The van der Waals surface area contributed by atoms with Crippen LogP contribution in [0.5, 0.6) is 0 Å². The van der Waals surface area contributed by atoms with E-state index >= 15 is 0 Å². The van der Waals surface area contributed by atoms with E-state index in [1.165, 1.54) is 38.5 Å². The molecule has 0 saturated heterocycles. The Labute approximate surface area is 173 Å². The fourth-order valence-electron chi connectivity index (χ4n) is 4.03. The highest BCUT2D eigenvalue weighted by atomic mass is 16.6. The van der Waals surface area contributed by atoms with E-state index in [2.05, 4.69) is 15.1 Å². The van der Waals surface area contributed by atoms with Gasteiger partial charge in [-0.3, -0.25) is 9.78 Å². The van der Waals surface area contributed by atoms with E-state index in [-0.39, 0.29) is 18.3 Å². The summed E-state index contributed by atoms with van der Waals surface area (Å²) in [6.45, 7) is 5.65. The van der Waals surface area contributed by atoms with Gasteiger partial charge in [-0.15, -0.1) is 0 Å². The normalized spacial score (nSPS) is 16.5. The Balaban J connectivity index is 1.66. The van der Waals surface area contributed by atoms with Gasteiger partial charge in [0.15, 0.2) is 0 Å². The van der Waals surface area contributed by atoms with Gasteiger partial charge in [0.1, 0.15) is 11.3 Å². The standard InChI is InChI=1S/C23H33N3O3/c1-23(2,3)28-20(27)16-18(13-9-12-17-10-5-4-6-11-17)22-25-21(26-29-22)19-14-7-8-15-24-19/h7-8,14-15,17-18H,4-6,9-13,16H2,1-3H3/t18-/m1/s1. The minimum Gasteiger partial charge on any atom is -0.460 e. The van der Waals surface area contributed by atoms with E-state index in [1.807, 2.05) is 39.0 Å². The molecule has 0 spiro atoms. The van der Waals surface area contributed by atoms with Gasteiger partial charge in [-0.25, -0.2) is 0 Å². The van der Waals surface area contributed by atoms with Crippen LogP contribution in [0.1, 0.15) is 90.4 Å². The van der Waals surface area contributed by atoms with E-state index in [1.54, 1.807) is 6.20 Å². The summed E-state index contributed by atoms with van der Waals surface area (Å²) in [7, 11) is 0. The number of esters is 1. The zero-order chi connectivity index (χ0) is 20.7. The minimum atomic E-state index is -0.502. The zero-order valence-corrected chi connectivity index (χ0v) is 17.9. The SMILES string of the molecule is CC(C)(C)OC(=O)C[C@@H](CCCC1CCCCC1)c1nc(-c2ccccn2)no1. The number of aromatic nitrogens is 3. The van der Waals surface area contributed by atoms with Crippen molar-refractivity contribution in [2.45, 2.75) is 90.1 Å². The third-order valence-electron chi connectivity index (χ3n) is 5.41. The summed E-state index contributed by atoms with van der Waals surface area (Å²) in [5, 5.41) is 4.09. The van der Waals surface area contributed by atoms with E-state index in [0.29, 0.717) is 17.4 Å². The number of rotatable bonds is 8. The van der Waals surface area contributed by atoms with Gasteiger partial charge < -0.3 is 9.26 Å². The van der Waals surface area contributed by atoms with Crippen molar-refractivity contribution in [1.82, 2.24) is 15.1 Å². The van der Waals surface area contributed by atoms with Gasteiger partial charge in [0, 0.05) is 12.1 Å². The molecule has 2 heterocycles. The summed E-state index contributed by atoms with van der Waals surface area (Å²) in [6.07, 6.45) is 11.8. The summed E-state index contributed by atoms with van der Waals surface area (Å²) in [4.78, 5) is 21.3. The number of nitrogens with zero attached hydrogens (tertiary/aromatic N) is 3. The smallest absolute Gasteiger partial charge is 0.307 e. The number of pyridine rings is 1. The van der Waals surface area contributed by atoms with Gasteiger partial charge in [0.05, 0.1) is 6.42 Å². The predicted octanol–water partition coefficient (Wildman–Crippen LogP) is 5.70. The molecule has 3 rings (SSSR count). The summed E-state index contributed by atoms with van der Waals surface area (Å²) < 4.78 is 11.1. The molecule has 0 amide bonds. The largest absolute Gasteiger partial charge is 0.460 e. The average molecular weight is 400 g/mol. The second kappa shape index (κ2) is 9.99. The lowest BCUT2D eigenvalue weighted by atomic mass is 9.84. The highest BCUT2D eigenvalue weighted by Gasteiger charge is 2.26. The van der Waals surface area contributed by atoms with Crippen molar-refractivity contribution in [1.29, 1.82) is 0 Å². The number of hydrogen-bond donors (Lipinski definition) is 0. The van der Waals surface area contributed by atoms with Crippen LogP contribution < -0.4 is 0 Å². The predicted molar refractivity (Wildman–Crippen MR) is 111 cm³/mol. The van der Waals surface area contributed by atoms with Crippen LogP contribution in [0, 0.1) is 5.92 Å². The molecule has 0 aromatic carbocycles. The molecule has 0 radical (unpaired) electrons. The number of carbonyl (C=O) groups is 1. The molecule has 1 atom stereocenters. The van der Waals surface area contributed by atoms with E-state index in [0.717, 1.165) is 18.8 Å². The topological polar surface area (TPSA) is 78.1 Å². The van der Waals surface area contributed by atoms with Crippen LogP contribution in [0.4, 0.5) is 0 Å². The Morgan fingerprint density at radius 2 is 2.03 bits per heavy atom.